The summed E-state index contributed by atoms with van der Waals surface area (Å²) in [5.74, 6) is 0. The van der Waals surface area contributed by atoms with E-state index in [1.54, 1.807) is 11.9 Å². The predicted octanol–water partition coefficient (Wildman–Crippen LogP) is 1.77. The molecule has 0 radical (unpaired) electrons. The maximum Gasteiger partial charge on any atom is 0.410 e. The van der Waals surface area contributed by atoms with Crippen LogP contribution in [0.5, 0.6) is 0 Å². The van der Waals surface area contributed by atoms with Crippen LogP contribution in [-0.4, -0.2) is 36.7 Å². The minimum atomic E-state index is -0.294. The van der Waals surface area contributed by atoms with Gasteiger partial charge in [-0.25, -0.2) is 4.79 Å². The molecule has 0 aromatic heterocycles. The number of hydrogen-bond donors (Lipinski definition) is 1. The van der Waals surface area contributed by atoms with Gasteiger partial charge in [-0.05, 0) is 11.6 Å². The van der Waals surface area contributed by atoms with Crippen molar-refractivity contribution in [3.05, 3.63) is 34.3 Å². The van der Waals surface area contributed by atoms with Crippen molar-refractivity contribution in [1.29, 1.82) is 0 Å². The van der Waals surface area contributed by atoms with Crippen LogP contribution < -0.4 is 5.73 Å². The molecule has 1 aliphatic rings. The van der Waals surface area contributed by atoms with Gasteiger partial charge in [0.1, 0.15) is 6.10 Å². The molecule has 2 N–H and O–H groups in total. The quantitative estimate of drug-likeness (QED) is 0.925. The highest BCUT2D eigenvalue weighted by atomic mass is 79.9. The highest BCUT2D eigenvalue weighted by molar-refractivity contribution is 9.10. The molecule has 1 aromatic rings. The van der Waals surface area contributed by atoms with Crippen LogP contribution in [0.25, 0.3) is 0 Å². The monoisotopic (exact) mass is 298 g/mol. The SMILES string of the molecule is CN1C(=O)OC(Cc2ccccc2Br)C1CN. The van der Waals surface area contributed by atoms with E-state index in [1.807, 2.05) is 24.3 Å². The molecule has 4 nitrogen and oxygen atoms in total. The summed E-state index contributed by atoms with van der Waals surface area (Å²) in [4.78, 5) is 13.0. The lowest BCUT2D eigenvalue weighted by molar-refractivity contribution is 0.130. The second kappa shape index (κ2) is 5.06. The minimum absolute atomic E-state index is 0.0467. The number of cyclic esters (lactones) is 1. The minimum Gasteiger partial charge on any atom is -0.443 e. The van der Waals surface area contributed by atoms with Gasteiger partial charge in [0.25, 0.3) is 0 Å². The van der Waals surface area contributed by atoms with Gasteiger partial charge in [0, 0.05) is 24.5 Å². The number of benzene rings is 1. The van der Waals surface area contributed by atoms with E-state index in [1.165, 1.54) is 0 Å². The lowest BCUT2D eigenvalue weighted by Crippen LogP contribution is -2.40. The van der Waals surface area contributed by atoms with Crippen LogP contribution in [0.3, 0.4) is 0 Å². The Morgan fingerprint density at radius 2 is 2.18 bits per heavy atom. The van der Waals surface area contributed by atoms with Gasteiger partial charge < -0.3 is 15.4 Å². The first kappa shape index (κ1) is 12.4. The molecule has 1 aromatic carbocycles. The fourth-order valence-electron chi connectivity index (χ4n) is 2.04. The number of likely N-dealkylation sites (N-methyl/N-ethyl adjacent to an activating group) is 1. The fraction of sp³-hybridized carbons (Fsp3) is 0.417. The van der Waals surface area contributed by atoms with Gasteiger partial charge in [-0.3, -0.25) is 0 Å². The number of nitrogens with two attached hydrogens (primary N) is 1. The molecule has 92 valence electrons. The van der Waals surface area contributed by atoms with Gasteiger partial charge in [0.15, 0.2) is 0 Å². The maximum atomic E-state index is 11.5. The summed E-state index contributed by atoms with van der Waals surface area (Å²) in [6.45, 7) is 0.414. The molecule has 0 spiro atoms. The van der Waals surface area contributed by atoms with E-state index >= 15 is 0 Å². The third kappa shape index (κ3) is 2.45. The molecule has 1 amide bonds. The Hall–Kier alpha value is -1.07. The highest BCUT2D eigenvalue weighted by Gasteiger charge is 2.38. The summed E-state index contributed by atoms with van der Waals surface area (Å²) < 4.78 is 6.35. The van der Waals surface area contributed by atoms with Crippen LogP contribution in [0.4, 0.5) is 4.79 Å². The largest absolute Gasteiger partial charge is 0.443 e. The topological polar surface area (TPSA) is 55.6 Å². The molecule has 1 saturated heterocycles. The highest BCUT2D eigenvalue weighted by Crippen LogP contribution is 2.24. The Labute approximate surface area is 109 Å². The van der Waals surface area contributed by atoms with Gasteiger partial charge in [-0.1, -0.05) is 34.1 Å². The van der Waals surface area contributed by atoms with E-state index in [4.69, 9.17) is 10.5 Å². The number of carbonyl (C=O) groups excluding carboxylic acids is 1. The summed E-state index contributed by atoms with van der Waals surface area (Å²) in [6.07, 6.45) is 0.216. The molecule has 1 heterocycles. The normalized spacial score (nSPS) is 23.9. The third-order valence-electron chi connectivity index (χ3n) is 3.09. The summed E-state index contributed by atoms with van der Waals surface area (Å²) in [6, 6.07) is 7.88. The Morgan fingerprint density at radius 1 is 1.47 bits per heavy atom. The Kier molecular flexibility index (Phi) is 3.69. The summed E-state index contributed by atoms with van der Waals surface area (Å²) in [5, 5.41) is 0. The van der Waals surface area contributed by atoms with Crippen molar-refractivity contribution in [1.82, 2.24) is 4.90 Å². The first-order chi connectivity index (χ1) is 8.13. The number of amides is 1. The molecule has 0 aliphatic carbocycles. The van der Waals surface area contributed by atoms with Crippen molar-refractivity contribution in [2.24, 2.45) is 5.73 Å². The number of carbonyl (C=O) groups is 1. The standard InChI is InChI=1S/C12H15BrN2O2/c1-15-10(7-14)11(17-12(15)16)6-8-4-2-3-5-9(8)13/h2-5,10-11H,6-7,14H2,1H3. The van der Waals surface area contributed by atoms with Crippen molar-refractivity contribution in [2.75, 3.05) is 13.6 Å². The average molecular weight is 299 g/mol. The zero-order valence-electron chi connectivity index (χ0n) is 9.60. The van der Waals surface area contributed by atoms with Gasteiger partial charge in [-0.15, -0.1) is 0 Å². The van der Waals surface area contributed by atoms with Crippen molar-refractivity contribution in [3.63, 3.8) is 0 Å². The van der Waals surface area contributed by atoms with E-state index in [-0.39, 0.29) is 18.2 Å². The van der Waals surface area contributed by atoms with Crippen molar-refractivity contribution >= 4 is 22.0 Å². The number of hydrogen-bond acceptors (Lipinski definition) is 3. The third-order valence-corrected chi connectivity index (χ3v) is 3.86. The van der Waals surface area contributed by atoms with Crippen molar-refractivity contribution < 1.29 is 9.53 Å². The van der Waals surface area contributed by atoms with Gasteiger partial charge in [0.2, 0.25) is 0 Å². The van der Waals surface area contributed by atoms with Crippen molar-refractivity contribution in [3.8, 4) is 0 Å². The summed E-state index contributed by atoms with van der Waals surface area (Å²) >= 11 is 3.49. The molecule has 0 saturated carbocycles. The van der Waals surface area contributed by atoms with E-state index in [0.29, 0.717) is 13.0 Å². The Bertz CT molecular complexity index is 425. The maximum absolute atomic E-state index is 11.5. The van der Waals surface area contributed by atoms with Gasteiger partial charge in [0.05, 0.1) is 6.04 Å². The Morgan fingerprint density at radius 3 is 2.82 bits per heavy atom. The zero-order chi connectivity index (χ0) is 12.4. The van der Waals surface area contributed by atoms with Crippen molar-refractivity contribution in [2.45, 2.75) is 18.6 Å². The molecule has 2 atom stereocenters. The summed E-state index contributed by atoms with van der Waals surface area (Å²) in [7, 11) is 1.72. The summed E-state index contributed by atoms with van der Waals surface area (Å²) in [5.41, 5.74) is 6.81. The van der Waals surface area contributed by atoms with Gasteiger partial charge in [-0.2, -0.15) is 0 Å². The van der Waals surface area contributed by atoms with E-state index in [2.05, 4.69) is 15.9 Å². The van der Waals surface area contributed by atoms with Crippen LogP contribution in [0.15, 0.2) is 28.7 Å². The number of rotatable bonds is 3. The van der Waals surface area contributed by atoms with E-state index in [9.17, 15) is 4.79 Å². The van der Waals surface area contributed by atoms with Crippen LogP contribution in [0.1, 0.15) is 5.56 Å². The number of nitrogens with zero attached hydrogens (tertiary/aromatic N) is 1. The van der Waals surface area contributed by atoms with Crippen LogP contribution in [0, 0.1) is 0 Å². The average Bonchev–Trinajstić information content (AvgIpc) is 2.58. The first-order valence-corrected chi connectivity index (χ1v) is 6.29. The predicted molar refractivity (Wildman–Crippen MR) is 68.7 cm³/mol. The first-order valence-electron chi connectivity index (χ1n) is 5.50. The second-order valence-corrected chi connectivity index (χ2v) is 4.99. The van der Waals surface area contributed by atoms with Crippen LogP contribution >= 0.6 is 15.9 Å². The molecular weight excluding hydrogens is 284 g/mol. The molecule has 2 rings (SSSR count). The molecule has 5 heteroatoms. The molecule has 1 aliphatic heterocycles. The lowest BCUT2D eigenvalue weighted by Gasteiger charge is -2.19. The molecule has 0 bridgehead atoms. The smallest absolute Gasteiger partial charge is 0.410 e. The number of halogens is 1. The lowest BCUT2D eigenvalue weighted by atomic mass is 10.0. The molecule has 2 unspecified atom stereocenters. The molecule has 1 fully saturated rings. The molecular formula is C12H15BrN2O2. The van der Waals surface area contributed by atoms with E-state index in [0.717, 1.165) is 10.0 Å². The van der Waals surface area contributed by atoms with Crippen LogP contribution in [0.2, 0.25) is 0 Å². The Balaban J connectivity index is 2.14. The zero-order valence-corrected chi connectivity index (χ0v) is 11.2. The number of ether oxygens (including phenoxy) is 1. The molecule has 17 heavy (non-hydrogen) atoms. The van der Waals surface area contributed by atoms with Crippen LogP contribution in [-0.2, 0) is 11.2 Å². The fourth-order valence-corrected chi connectivity index (χ4v) is 2.49. The second-order valence-electron chi connectivity index (χ2n) is 4.13. The van der Waals surface area contributed by atoms with E-state index < -0.39 is 0 Å². The van der Waals surface area contributed by atoms with Gasteiger partial charge >= 0.3 is 6.09 Å².